The molecule has 3 aromatic rings. The van der Waals surface area contributed by atoms with Gasteiger partial charge in [0, 0.05) is 29.2 Å². The summed E-state index contributed by atoms with van der Waals surface area (Å²) >= 11 is 6.07. The van der Waals surface area contributed by atoms with Gasteiger partial charge >= 0.3 is 0 Å². The summed E-state index contributed by atoms with van der Waals surface area (Å²) in [7, 11) is 0. The molecule has 0 aliphatic carbocycles. The van der Waals surface area contributed by atoms with Crippen LogP contribution in [0.15, 0.2) is 36.5 Å². The number of nitrogens with one attached hydrogen (secondary N) is 3. The van der Waals surface area contributed by atoms with Crippen molar-refractivity contribution in [2.24, 2.45) is 0 Å². The second-order valence-electron chi connectivity index (χ2n) is 5.33. The molecule has 2 aromatic carbocycles. The van der Waals surface area contributed by atoms with Crippen molar-refractivity contribution in [1.29, 1.82) is 0 Å². The lowest BCUT2D eigenvalue weighted by Crippen LogP contribution is -2.12. The van der Waals surface area contributed by atoms with Gasteiger partial charge in [0.25, 0.3) is 5.91 Å². The van der Waals surface area contributed by atoms with Gasteiger partial charge in [0.05, 0.1) is 17.3 Å². The molecule has 2 heterocycles. The van der Waals surface area contributed by atoms with E-state index in [0.29, 0.717) is 10.6 Å². The number of aromatic amines is 1. The Morgan fingerprint density at radius 2 is 2.05 bits per heavy atom. The van der Waals surface area contributed by atoms with Gasteiger partial charge in [-0.1, -0.05) is 17.7 Å². The van der Waals surface area contributed by atoms with Gasteiger partial charge in [-0.05, 0) is 35.4 Å². The molecule has 22 heavy (non-hydrogen) atoms. The Morgan fingerprint density at radius 3 is 2.95 bits per heavy atom. The molecule has 1 aromatic heterocycles. The first-order valence-corrected chi connectivity index (χ1v) is 7.35. The standard InChI is InChI=1S/C16H13ClN4O/c17-11-4-13(14-8-19-21-15(14)5-11)16(22)20-12-2-1-9-6-18-7-10(9)3-12/h1-5,8,18H,6-7H2,(H,19,21)(H,20,22). The van der Waals surface area contributed by atoms with Gasteiger partial charge in [0.1, 0.15) is 0 Å². The molecule has 110 valence electrons. The van der Waals surface area contributed by atoms with Crippen LogP contribution in [-0.2, 0) is 13.1 Å². The van der Waals surface area contributed by atoms with Crippen molar-refractivity contribution in [2.75, 3.05) is 5.32 Å². The summed E-state index contributed by atoms with van der Waals surface area (Å²) in [5.74, 6) is -0.195. The summed E-state index contributed by atoms with van der Waals surface area (Å²) in [5, 5.41) is 14.3. The Bertz CT molecular complexity index is 887. The fraction of sp³-hybridized carbons (Fsp3) is 0.125. The molecule has 0 atom stereocenters. The van der Waals surface area contributed by atoms with Gasteiger partial charge in [-0.25, -0.2) is 0 Å². The zero-order chi connectivity index (χ0) is 15.1. The summed E-state index contributed by atoms with van der Waals surface area (Å²) < 4.78 is 0. The molecular weight excluding hydrogens is 300 g/mol. The van der Waals surface area contributed by atoms with E-state index in [2.05, 4.69) is 20.8 Å². The summed E-state index contributed by atoms with van der Waals surface area (Å²) in [6.45, 7) is 1.72. The van der Waals surface area contributed by atoms with E-state index < -0.39 is 0 Å². The molecule has 0 unspecified atom stereocenters. The highest BCUT2D eigenvalue weighted by molar-refractivity contribution is 6.32. The van der Waals surface area contributed by atoms with Crippen molar-refractivity contribution >= 4 is 34.1 Å². The highest BCUT2D eigenvalue weighted by Gasteiger charge is 2.15. The van der Waals surface area contributed by atoms with E-state index in [1.807, 2.05) is 18.2 Å². The van der Waals surface area contributed by atoms with Crippen LogP contribution in [-0.4, -0.2) is 16.1 Å². The van der Waals surface area contributed by atoms with Crippen LogP contribution in [0.2, 0.25) is 5.02 Å². The third kappa shape index (κ3) is 2.24. The largest absolute Gasteiger partial charge is 0.322 e. The number of carbonyl (C=O) groups is 1. The molecule has 0 bridgehead atoms. The number of rotatable bonds is 2. The second-order valence-corrected chi connectivity index (χ2v) is 5.76. The number of nitrogens with zero attached hydrogens (tertiary/aromatic N) is 1. The van der Waals surface area contributed by atoms with Gasteiger partial charge in [0.15, 0.2) is 0 Å². The monoisotopic (exact) mass is 312 g/mol. The average molecular weight is 313 g/mol. The van der Waals surface area contributed by atoms with Crippen LogP contribution in [0.3, 0.4) is 0 Å². The zero-order valence-electron chi connectivity index (χ0n) is 11.6. The Kier molecular flexibility index (Phi) is 3.10. The molecule has 0 fully saturated rings. The third-order valence-electron chi connectivity index (χ3n) is 3.86. The van der Waals surface area contributed by atoms with Gasteiger partial charge in [-0.15, -0.1) is 0 Å². The van der Waals surface area contributed by atoms with E-state index in [9.17, 15) is 4.79 Å². The van der Waals surface area contributed by atoms with Crippen molar-refractivity contribution in [3.63, 3.8) is 0 Å². The van der Waals surface area contributed by atoms with Crippen LogP contribution in [0.5, 0.6) is 0 Å². The quantitative estimate of drug-likeness (QED) is 0.681. The van der Waals surface area contributed by atoms with Crippen LogP contribution in [0.25, 0.3) is 10.9 Å². The molecule has 3 N–H and O–H groups in total. The minimum Gasteiger partial charge on any atom is -0.322 e. The molecule has 4 rings (SSSR count). The van der Waals surface area contributed by atoms with Crippen molar-refractivity contribution in [1.82, 2.24) is 15.5 Å². The average Bonchev–Trinajstić information content (AvgIpc) is 3.13. The first-order valence-electron chi connectivity index (χ1n) is 6.97. The smallest absolute Gasteiger partial charge is 0.256 e. The highest BCUT2D eigenvalue weighted by atomic mass is 35.5. The van der Waals surface area contributed by atoms with E-state index in [1.165, 1.54) is 11.1 Å². The molecule has 6 heteroatoms. The van der Waals surface area contributed by atoms with Crippen LogP contribution in [0.4, 0.5) is 5.69 Å². The molecular formula is C16H13ClN4O. The van der Waals surface area contributed by atoms with E-state index in [4.69, 9.17) is 11.6 Å². The van der Waals surface area contributed by atoms with Crippen LogP contribution < -0.4 is 10.6 Å². The fourth-order valence-electron chi connectivity index (χ4n) is 2.77. The number of fused-ring (bicyclic) bond motifs is 2. The Labute approximate surface area is 131 Å². The fourth-order valence-corrected chi connectivity index (χ4v) is 2.99. The number of H-pyrrole nitrogens is 1. The number of carbonyl (C=O) groups excluding carboxylic acids is 1. The van der Waals surface area contributed by atoms with Crippen molar-refractivity contribution in [3.8, 4) is 0 Å². The van der Waals surface area contributed by atoms with E-state index in [-0.39, 0.29) is 5.91 Å². The molecule has 1 amide bonds. The van der Waals surface area contributed by atoms with Crippen molar-refractivity contribution in [3.05, 3.63) is 58.2 Å². The lowest BCUT2D eigenvalue weighted by molar-refractivity contribution is 0.102. The SMILES string of the molecule is O=C(Nc1ccc2c(c1)CNC2)c1cc(Cl)cc2[nH]ncc12. The lowest BCUT2D eigenvalue weighted by Gasteiger charge is -2.08. The normalized spacial score (nSPS) is 13.3. The predicted octanol–water partition coefficient (Wildman–Crippen LogP) is 3.07. The molecule has 0 spiro atoms. The first-order chi connectivity index (χ1) is 10.7. The van der Waals surface area contributed by atoms with Gasteiger partial charge < -0.3 is 10.6 Å². The van der Waals surface area contributed by atoms with Crippen molar-refractivity contribution in [2.45, 2.75) is 13.1 Å². The highest BCUT2D eigenvalue weighted by Crippen LogP contribution is 2.24. The minimum atomic E-state index is -0.195. The summed E-state index contributed by atoms with van der Waals surface area (Å²) in [6, 6.07) is 9.37. The third-order valence-corrected chi connectivity index (χ3v) is 4.08. The zero-order valence-corrected chi connectivity index (χ0v) is 12.4. The topological polar surface area (TPSA) is 69.8 Å². The maximum absolute atomic E-state index is 12.6. The molecule has 1 aliphatic heterocycles. The van der Waals surface area contributed by atoms with Crippen LogP contribution in [0, 0.1) is 0 Å². The molecule has 0 saturated heterocycles. The van der Waals surface area contributed by atoms with E-state index in [0.717, 1.165) is 29.7 Å². The molecule has 0 saturated carbocycles. The van der Waals surface area contributed by atoms with Gasteiger partial charge in [-0.2, -0.15) is 5.10 Å². The minimum absolute atomic E-state index is 0.195. The van der Waals surface area contributed by atoms with Gasteiger partial charge in [0.2, 0.25) is 0 Å². The van der Waals surface area contributed by atoms with Crippen LogP contribution >= 0.6 is 11.6 Å². The number of anilines is 1. The summed E-state index contributed by atoms with van der Waals surface area (Å²) in [4.78, 5) is 12.6. The Hall–Kier alpha value is -2.37. The van der Waals surface area contributed by atoms with Crippen molar-refractivity contribution < 1.29 is 4.79 Å². The summed E-state index contributed by atoms with van der Waals surface area (Å²) in [6.07, 6.45) is 1.63. The first kappa shape index (κ1) is 13.3. The maximum Gasteiger partial charge on any atom is 0.256 e. The molecule has 1 aliphatic rings. The number of aromatic nitrogens is 2. The summed E-state index contributed by atoms with van der Waals surface area (Å²) in [5.41, 5.74) is 4.53. The number of amides is 1. The number of benzene rings is 2. The number of hydrogen-bond donors (Lipinski definition) is 3. The number of halogens is 1. The molecule has 0 radical (unpaired) electrons. The Balaban J connectivity index is 1.68. The molecule has 5 nitrogen and oxygen atoms in total. The maximum atomic E-state index is 12.6. The predicted molar refractivity (Wildman–Crippen MR) is 86.0 cm³/mol. The Morgan fingerprint density at radius 1 is 1.18 bits per heavy atom. The van der Waals surface area contributed by atoms with E-state index in [1.54, 1.807) is 18.3 Å². The second kappa shape index (κ2) is 5.12. The van der Waals surface area contributed by atoms with Crippen LogP contribution in [0.1, 0.15) is 21.5 Å². The lowest BCUT2D eigenvalue weighted by atomic mass is 10.1. The number of hydrogen-bond acceptors (Lipinski definition) is 3. The van der Waals surface area contributed by atoms with Gasteiger partial charge in [-0.3, -0.25) is 9.89 Å². The van der Waals surface area contributed by atoms with E-state index >= 15 is 0 Å².